The van der Waals surface area contributed by atoms with Gasteiger partial charge in [0.2, 0.25) is 5.91 Å². The fourth-order valence-corrected chi connectivity index (χ4v) is 2.50. The van der Waals surface area contributed by atoms with E-state index in [-0.39, 0.29) is 17.6 Å². The molecule has 1 unspecified atom stereocenters. The number of halogens is 2. The Morgan fingerprint density at radius 2 is 2.22 bits per heavy atom. The molecule has 0 N–H and O–H groups in total. The molecule has 1 amide bonds. The second-order valence-electron chi connectivity index (χ2n) is 4.47. The van der Waals surface area contributed by atoms with E-state index in [4.69, 9.17) is 0 Å². The minimum atomic E-state index is -0.383. The van der Waals surface area contributed by atoms with Crippen molar-refractivity contribution in [3.8, 4) is 0 Å². The number of anilines is 1. The molecule has 0 aromatic heterocycles. The third kappa shape index (κ3) is 2.80. The maximum absolute atomic E-state index is 13.8. The summed E-state index contributed by atoms with van der Waals surface area (Å²) in [5, 5.41) is 0. The number of hydrogen-bond donors (Lipinski definition) is 0. The predicted molar refractivity (Wildman–Crippen MR) is 74.0 cm³/mol. The molecule has 0 heterocycles. The van der Waals surface area contributed by atoms with Crippen molar-refractivity contribution >= 4 is 27.5 Å². The zero-order chi connectivity index (χ0) is 13.1. The van der Waals surface area contributed by atoms with Crippen molar-refractivity contribution in [3.05, 3.63) is 40.6 Å². The van der Waals surface area contributed by atoms with Gasteiger partial charge in [0, 0.05) is 17.4 Å². The largest absolute Gasteiger partial charge is 0.313 e. The average Bonchev–Trinajstić information content (AvgIpc) is 2.38. The summed E-state index contributed by atoms with van der Waals surface area (Å²) < 4.78 is 14.5. The van der Waals surface area contributed by atoms with Crippen LogP contribution in [0.4, 0.5) is 10.1 Å². The minimum absolute atomic E-state index is 0.0134. The predicted octanol–water partition coefficient (Wildman–Crippen LogP) is 3.91. The van der Waals surface area contributed by atoms with Crippen LogP contribution in [-0.2, 0) is 4.79 Å². The van der Waals surface area contributed by atoms with Crippen LogP contribution < -0.4 is 4.90 Å². The highest BCUT2D eigenvalue weighted by Crippen LogP contribution is 2.26. The molecule has 0 fully saturated rings. The van der Waals surface area contributed by atoms with Gasteiger partial charge in [-0.05, 0) is 37.5 Å². The molecule has 18 heavy (non-hydrogen) atoms. The molecular formula is C14H15BrFNO. The Morgan fingerprint density at radius 3 is 2.83 bits per heavy atom. The van der Waals surface area contributed by atoms with Crippen LogP contribution >= 0.6 is 15.9 Å². The van der Waals surface area contributed by atoms with Gasteiger partial charge in [-0.25, -0.2) is 4.39 Å². The summed E-state index contributed by atoms with van der Waals surface area (Å²) in [6, 6.07) is 4.73. The average molecular weight is 312 g/mol. The second-order valence-corrected chi connectivity index (χ2v) is 5.39. The monoisotopic (exact) mass is 311 g/mol. The van der Waals surface area contributed by atoms with Crippen molar-refractivity contribution in [1.82, 2.24) is 0 Å². The highest BCUT2D eigenvalue weighted by atomic mass is 79.9. The van der Waals surface area contributed by atoms with Crippen LogP contribution in [0.5, 0.6) is 0 Å². The zero-order valence-electron chi connectivity index (χ0n) is 10.2. The molecule has 1 aromatic rings. The first-order chi connectivity index (χ1) is 8.59. The Bertz CT molecular complexity index is 487. The fourth-order valence-electron chi connectivity index (χ4n) is 2.16. The first-order valence-corrected chi connectivity index (χ1v) is 6.76. The molecule has 0 spiro atoms. The van der Waals surface area contributed by atoms with Crippen molar-refractivity contribution in [2.75, 3.05) is 11.9 Å². The van der Waals surface area contributed by atoms with Gasteiger partial charge in [-0.3, -0.25) is 4.79 Å². The standard InChI is InChI=1S/C14H15BrFNO/c1-17(13-8-7-11(15)9-12(13)16)14(18)10-5-3-2-4-6-10/h2-3,7-10H,4-6H2,1H3. The Kier molecular flexibility index (Phi) is 4.17. The highest BCUT2D eigenvalue weighted by molar-refractivity contribution is 9.10. The summed E-state index contributed by atoms with van der Waals surface area (Å²) in [5.41, 5.74) is 0.331. The summed E-state index contributed by atoms with van der Waals surface area (Å²) >= 11 is 3.21. The molecular weight excluding hydrogens is 297 g/mol. The Labute approximate surface area is 115 Å². The van der Waals surface area contributed by atoms with Gasteiger partial charge in [0.25, 0.3) is 0 Å². The van der Waals surface area contributed by atoms with E-state index >= 15 is 0 Å². The number of carbonyl (C=O) groups is 1. The van der Waals surface area contributed by atoms with Crippen molar-refractivity contribution in [2.24, 2.45) is 5.92 Å². The van der Waals surface area contributed by atoms with Crippen LogP contribution in [0.2, 0.25) is 0 Å². The van der Waals surface area contributed by atoms with Crippen LogP contribution in [0.1, 0.15) is 19.3 Å². The van der Waals surface area contributed by atoms with Gasteiger partial charge in [0.1, 0.15) is 5.82 Å². The molecule has 1 aromatic carbocycles. The molecule has 2 rings (SSSR count). The lowest BCUT2D eigenvalue weighted by Gasteiger charge is -2.24. The Balaban J connectivity index is 2.17. The van der Waals surface area contributed by atoms with E-state index in [0.717, 1.165) is 19.3 Å². The van der Waals surface area contributed by atoms with Crippen molar-refractivity contribution < 1.29 is 9.18 Å². The summed E-state index contributed by atoms with van der Waals surface area (Å²) in [6.45, 7) is 0. The van der Waals surface area contributed by atoms with Gasteiger partial charge in [0.15, 0.2) is 0 Å². The third-order valence-corrected chi connectivity index (χ3v) is 3.71. The van der Waals surface area contributed by atoms with E-state index in [2.05, 4.69) is 22.0 Å². The molecule has 0 bridgehead atoms. The van der Waals surface area contributed by atoms with Gasteiger partial charge < -0.3 is 4.90 Å². The number of allylic oxidation sites excluding steroid dienone is 2. The quantitative estimate of drug-likeness (QED) is 0.758. The van der Waals surface area contributed by atoms with E-state index in [1.54, 1.807) is 19.2 Å². The summed E-state index contributed by atoms with van der Waals surface area (Å²) in [7, 11) is 1.63. The maximum atomic E-state index is 13.8. The second kappa shape index (κ2) is 5.65. The summed E-state index contributed by atoms with van der Waals surface area (Å²) in [5.74, 6) is -0.421. The number of rotatable bonds is 2. The molecule has 0 saturated carbocycles. The smallest absolute Gasteiger partial charge is 0.230 e. The van der Waals surface area contributed by atoms with Gasteiger partial charge in [-0.2, -0.15) is 0 Å². The molecule has 1 aliphatic carbocycles. The number of hydrogen-bond acceptors (Lipinski definition) is 1. The van der Waals surface area contributed by atoms with E-state index < -0.39 is 0 Å². The molecule has 1 aliphatic rings. The van der Waals surface area contributed by atoms with Crippen molar-refractivity contribution in [2.45, 2.75) is 19.3 Å². The Morgan fingerprint density at radius 1 is 1.44 bits per heavy atom. The first kappa shape index (κ1) is 13.3. The van der Waals surface area contributed by atoms with Crippen LogP contribution in [0.3, 0.4) is 0 Å². The van der Waals surface area contributed by atoms with E-state index in [1.165, 1.54) is 11.0 Å². The number of nitrogens with zero attached hydrogens (tertiary/aromatic N) is 1. The van der Waals surface area contributed by atoms with Crippen LogP contribution in [0.15, 0.2) is 34.8 Å². The van der Waals surface area contributed by atoms with Crippen molar-refractivity contribution in [1.29, 1.82) is 0 Å². The fraction of sp³-hybridized carbons (Fsp3) is 0.357. The van der Waals surface area contributed by atoms with Gasteiger partial charge in [0.05, 0.1) is 5.69 Å². The van der Waals surface area contributed by atoms with Gasteiger partial charge >= 0.3 is 0 Å². The molecule has 4 heteroatoms. The van der Waals surface area contributed by atoms with E-state index in [1.807, 2.05) is 6.08 Å². The maximum Gasteiger partial charge on any atom is 0.230 e. The molecule has 0 radical (unpaired) electrons. The lowest BCUT2D eigenvalue weighted by atomic mass is 9.93. The molecule has 96 valence electrons. The molecule has 1 atom stereocenters. The SMILES string of the molecule is CN(C(=O)C1CC=CCC1)c1ccc(Br)cc1F. The first-order valence-electron chi connectivity index (χ1n) is 5.97. The topological polar surface area (TPSA) is 20.3 Å². The summed E-state index contributed by atoms with van der Waals surface area (Å²) in [4.78, 5) is 13.7. The Hall–Kier alpha value is -1.16. The molecule has 0 aliphatic heterocycles. The molecule has 0 saturated heterocycles. The third-order valence-electron chi connectivity index (χ3n) is 3.22. The van der Waals surface area contributed by atoms with E-state index in [0.29, 0.717) is 10.2 Å². The van der Waals surface area contributed by atoms with Crippen molar-refractivity contribution in [3.63, 3.8) is 0 Å². The van der Waals surface area contributed by atoms with E-state index in [9.17, 15) is 9.18 Å². The number of amides is 1. The van der Waals surface area contributed by atoms with Crippen LogP contribution in [-0.4, -0.2) is 13.0 Å². The van der Waals surface area contributed by atoms with Gasteiger partial charge in [-0.1, -0.05) is 28.1 Å². The van der Waals surface area contributed by atoms with Gasteiger partial charge in [-0.15, -0.1) is 0 Å². The van der Waals surface area contributed by atoms with Crippen LogP contribution in [0.25, 0.3) is 0 Å². The number of carbonyl (C=O) groups excluding carboxylic acids is 1. The highest BCUT2D eigenvalue weighted by Gasteiger charge is 2.24. The summed E-state index contributed by atoms with van der Waals surface area (Å²) in [6.07, 6.45) is 6.63. The molecule has 2 nitrogen and oxygen atoms in total. The lowest BCUT2D eigenvalue weighted by Crippen LogP contribution is -2.33. The normalized spacial score (nSPS) is 18.7. The lowest BCUT2D eigenvalue weighted by molar-refractivity contribution is -0.122. The van der Waals surface area contributed by atoms with Crippen LogP contribution in [0, 0.1) is 11.7 Å². The number of benzene rings is 1. The minimum Gasteiger partial charge on any atom is -0.313 e. The zero-order valence-corrected chi connectivity index (χ0v) is 11.8.